The maximum atomic E-state index is 12.1. The van der Waals surface area contributed by atoms with Gasteiger partial charge in [0.25, 0.3) is 5.91 Å². The number of pyridine rings is 1. The van der Waals surface area contributed by atoms with E-state index in [0.717, 1.165) is 0 Å². The average Bonchev–Trinajstić information content (AvgIpc) is 2.50. The highest BCUT2D eigenvalue weighted by Crippen LogP contribution is 2.26. The summed E-state index contributed by atoms with van der Waals surface area (Å²) in [4.78, 5) is 27.3. The summed E-state index contributed by atoms with van der Waals surface area (Å²) in [5, 5.41) is 5.72. The lowest BCUT2D eigenvalue weighted by Crippen LogP contribution is -2.23. The van der Waals surface area contributed by atoms with Gasteiger partial charge >= 0.3 is 0 Å². The van der Waals surface area contributed by atoms with E-state index in [9.17, 15) is 9.59 Å². The van der Waals surface area contributed by atoms with Crippen molar-refractivity contribution in [2.75, 3.05) is 17.2 Å². The Hall–Kier alpha value is -2.44. The molecule has 0 aliphatic rings. The third kappa shape index (κ3) is 4.01. The highest BCUT2D eigenvalue weighted by molar-refractivity contribution is 6.31. The molecule has 1 heterocycles. The van der Waals surface area contributed by atoms with Crippen molar-refractivity contribution >= 4 is 34.8 Å². The molecule has 1 aromatic carbocycles. The van der Waals surface area contributed by atoms with Crippen LogP contribution in [0.15, 0.2) is 42.7 Å². The minimum atomic E-state index is -0.378. The molecule has 4 N–H and O–H groups in total. The van der Waals surface area contributed by atoms with Crippen LogP contribution >= 0.6 is 11.6 Å². The van der Waals surface area contributed by atoms with Crippen molar-refractivity contribution in [3.05, 3.63) is 53.3 Å². The summed E-state index contributed by atoms with van der Waals surface area (Å²) in [5.74, 6) is -0.695. The molecule has 2 amide bonds. The van der Waals surface area contributed by atoms with E-state index in [2.05, 4.69) is 15.6 Å². The van der Waals surface area contributed by atoms with Gasteiger partial charge in [0.1, 0.15) is 0 Å². The minimum absolute atomic E-state index is 0.162. The Balaban J connectivity index is 2.23. The SMILES string of the molecule is NCC(=O)Nc1cc(Cl)ccc1NC(=O)c1ccncc1. The van der Waals surface area contributed by atoms with E-state index in [1.165, 1.54) is 18.5 Å². The van der Waals surface area contributed by atoms with Crippen LogP contribution in [0.25, 0.3) is 0 Å². The molecule has 0 saturated carbocycles. The average molecular weight is 305 g/mol. The van der Waals surface area contributed by atoms with Crippen LogP contribution in [0, 0.1) is 0 Å². The number of nitrogens with zero attached hydrogens (tertiary/aromatic N) is 1. The molecule has 7 heteroatoms. The second-order valence-corrected chi connectivity index (χ2v) is 4.57. The predicted octanol–water partition coefficient (Wildman–Crippen LogP) is 1.88. The van der Waals surface area contributed by atoms with E-state index in [1.807, 2.05) is 0 Å². The Morgan fingerprint density at radius 1 is 1.10 bits per heavy atom. The molecule has 21 heavy (non-hydrogen) atoms. The maximum absolute atomic E-state index is 12.1. The van der Waals surface area contributed by atoms with Crippen molar-refractivity contribution < 1.29 is 9.59 Å². The smallest absolute Gasteiger partial charge is 0.255 e. The number of nitrogens with two attached hydrogens (primary N) is 1. The summed E-state index contributed by atoms with van der Waals surface area (Å²) in [6.45, 7) is -0.162. The number of halogens is 1. The Labute approximate surface area is 126 Å². The molecule has 0 saturated heterocycles. The lowest BCUT2D eigenvalue weighted by atomic mass is 10.2. The Kier molecular flexibility index (Phi) is 4.86. The number of aromatic nitrogens is 1. The quantitative estimate of drug-likeness (QED) is 0.803. The van der Waals surface area contributed by atoms with Gasteiger partial charge < -0.3 is 16.4 Å². The van der Waals surface area contributed by atoms with E-state index >= 15 is 0 Å². The third-order valence-electron chi connectivity index (χ3n) is 2.63. The van der Waals surface area contributed by atoms with Gasteiger partial charge in [-0.2, -0.15) is 0 Å². The van der Waals surface area contributed by atoms with Gasteiger partial charge in [0, 0.05) is 23.0 Å². The van der Waals surface area contributed by atoms with Crippen molar-refractivity contribution in [2.45, 2.75) is 0 Å². The molecule has 0 radical (unpaired) electrons. The van der Waals surface area contributed by atoms with Crippen molar-refractivity contribution in [3.8, 4) is 0 Å². The molecule has 0 aliphatic heterocycles. The fraction of sp³-hybridized carbons (Fsp3) is 0.0714. The molecule has 0 atom stereocenters. The van der Waals surface area contributed by atoms with Crippen molar-refractivity contribution in [2.24, 2.45) is 5.73 Å². The van der Waals surface area contributed by atoms with E-state index in [0.29, 0.717) is 22.0 Å². The molecule has 108 valence electrons. The van der Waals surface area contributed by atoms with Gasteiger partial charge in [-0.3, -0.25) is 14.6 Å². The van der Waals surface area contributed by atoms with E-state index in [-0.39, 0.29) is 18.4 Å². The van der Waals surface area contributed by atoms with Gasteiger partial charge in [-0.15, -0.1) is 0 Å². The number of hydrogen-bond acceptors (Lipinski definition) is 4. The maximum Gasteiger partial charge on any atom is 0.255 e. The summed E-state index contributed by atoms with van der Waals surface area (Å²) >= 11 is 5.89. The van der Waals surface area contributed by atoms with Crippen LogP contribution in [0.3, 0.4) is 0 Å². The molecule has 6 nitrogen and oxygen atoms in total. The first-order chi connectivity index (χ1) is 10.1. The van der Waals surface area contributed by atoms with Gasteiger partial charge in [-0.1, -0.05) is 11.6 Å². The third-order valence-corrected chi connectivity index (χ3v) is 2.87. The van der Waals surface area contributed by atoms with Crippen molar-refractivity contribution in [3.63, 3.8) is 0 Å². The zero-order chi connectivity index (χ0) is 15.2. The second kappa shape index (κ2) is 6.83. The van der Waals surface area contributed by atoms with Crippen LogP contribution in [0.4, 0.5) is 11.4 Å². The number of benzene rings is 1. The second-order valence-electron chi connectivity index (χ2n) is 4.13. The number of hydrogen-bond donors (Lipinski definition) is 3. The zero-order valence-corrected chi connectivity index (χ0v) is 11.7. The molecule has 0 bridgehead atoms. The number of carbonyl (C=O) groups is 2. The monoisotopic (exact) mass is 304 g/mol. The number of amides is 2. The first-order valence-electron chi connectivity index (χ1n) is 6.11. The highest BCUT2D eigenvalue weighted by atomic mass is 35.5. The molecule has 0 spiro atoms. The Bertz CT molecular complexity index is 661. The lowest BCUT2D eigenvalue weighted by Gasteiger charge is -2.12. The molecule has 0 aliphatic carbocycles. The first-order valence-corrected chi connectivity index (χ1v) is 6.49. The first kappa shape index (κ1) is 15.0. The summed E-state index contributed by atoms with van der Waals surface area (Å²) in [6.07, 6.45) is 3.04. The normalized spacial score (nSPS) is 10.0. The number of carbonyl (C=O) groups excluding carboxylic acids is 2. The fourth-order valence-electron chi connectivity index (χ4n) is 1.63. The molecule has 0 unspecified atom stereocenters. The number of rotatable bonds is 4. The lowest BCUT2D eigenvalue weighted by molar-refractivity contribution is -0.114. The number of nitrogens with one attached hydrogen (secondary N) is 2. The molecular weight excluding hydrogens is 292 g/mol. The van der Waals surface area contributed by atoms with Crippen LogP contribution in [0.2, 0.25) is 5.02 Å². The Morgan fingerprint density at radius 2 is 1.81 bits per heavy atom. The van der Waals surface area contributed by atoms with E-state index in [4.69, 9.17) is 17.3 Å². The minimum Gasteiger partial charge on any atom is -0.323 e. The van der Waals surface area contributed by atoms with E-state index < -0.39 is 0 Å². The van der Waals surface area contributed by atoms with Gasteiger partial charge in [0.15, 0.2) is 0 Å². The zero-order valence-electron chi connectivity index (χ0n) is 11.0. The highest BCUT2D eigenvalue weighted by Gasteiger charge is 2.11. The van der Waals surface area contributed by atoms with Crippen LogP contribution in [0.5, 0.6) is 0 Å². The van der Waals surface area contributed by atoms with Crippen LogP contribution < -0.4 is 16.4 Å². The summed E-state index contributed by atoms with van der Waals surface area (Å²) < 4.78 is 0. The Morgan fingerprint density at radius 3 is 2.48 bits per heavy atom. The topological polar surface area (TPSA) is 97.1 Å². The van der Waals surface area contributed by atoms with Crippen LogP contribution in [0.1, 0.15) is 10.4 Å². The molecule has 0 fully saturated rings. The predicted molar refractivity (Wildman–Crippen MR) is 81.3 cm³/mol. The molecule has 2 rings (SSSR count). The molecule has 2 aromatic rings. The van der Waals surface area contributed by atoms with Crippen LogP contribution in [-0.4, -0.2) is 23.3 Å². The van der Waals surface area contributed by atoms with Gasteiger partial charge in [-0.05, 0) is 30.3 Å². The van der Waals surface area contributed by atoms with Crippen molar-refractivity contribution in [1.29, 1.82) is 0 Å². The van der Waals surface area contributed by atoms with Gasteiger partial charge in [-0.25, -0.2) is 0 Å². The molecular formula is C14H13ClN4O2. The summed E-state index contributed by atoms with van der Waals surface area (Å²) in [6, 6.07) is 7.93. The summed E-state index contributed by atoms with van der Waals surface area (Å²) in [7, 11) is 0. The largest absolute Gasteiger partial charge is 0.323 e. The van der Waals surface area contributed by atoms with E-state index in [1.54, 1.807) is 24.3 Å². The summed E-state index contributed by atoms with van der Waals surface area (Å²) in [5.41, 5.74) is 6.54. The van der Waals surface area contributed by atoms with Crippen molar-refractivity contribution in [1.82, 2.24) is 4.98 Å². The fourth-order valence-corrected chi connectivity index (χ4v) is 1.80. The standard InChI is InChI=1S/C14H13ClN4O2/c15-10-1-2-11(12(7-10)18-13(20)8-16)19-14(21)9-3-5-17-6-4-9/h1-7H,8,16H2,(H,18,20)(H,19,21). The molecule has 1 aromatic heterocycles. The van der Waals surface area contributed by atoms with Gasteiger partial charge in [0.2, 0.25) is 5.91 Å². The van der Waals surface area contributed by atoms with Crippen LogP contribution in [-0.2, 0) is 4.79 Å². The number of anilines is 2. The van der Waals surface area contributed by atoms with Gasteiger partial charge in [0.05, 0.1) is 17.9 Å².